The summed E-state index contributed by atoms with van der Waals surface area (Å²) in [6.45, 7) is 0.240. The average Bonchev–Trinajstić information content (AvgIpc) is 2.97. The van der Waals surface area contributed by atoms with Crippen LogP contribution in [0.15, 0.2) is 42.5 Å². The van der Waals surface area contributed by atoms with E-state index in [9.17, 15) is 14.3 Å². The normalized spacial score (nSPS) is 20.2. The number of carbonyl (C=O) groups excluding carboxylic acids is 1. The van der Waals surface area contributed by atoms with Gasteiger partial charge in [0.25, 0.3) is 0 Å². The number of aliphatic hydroxyl groups is 1. The number of aliphatic hydroxyl groups excluding tert-OH is 1. The van der Waals surface area contributed by atoms with Crippen LogP contribution in [0.2, 0.25) is 0 Å². The predicted molar refractivity (Wildman–Crippen MR) is 86.0 cm³/mol. The van der Waals surface area contributed by atoms with Crippen molar-refractivity contribution in [3.05, 3.63) is 59.5 Å². The van der Waals surface area contributed by atoms with E-state index >= 15 is 0 Å². The van der Waals surface area contributed by atoms with E-state index in [-0.39, 0.29) is 30.7 Å². The molecule has 0 spiro atoms. The first kappa shape index (κ1) is 16.4. The van der Waals surface area contributed by atoms with Gasteiger partial charge in [0.2, 0.25) is 11.8 Å². The molecule has 2 unspecified atom stereocenters. The summed E-state index contributed by atoms with van der Waals surface area (Å²) in [6.07, 6.45) is -0.100. The summed E-state index contributed by atoms with van der Waals surface area (Å²) >= 11 is 0. The minimum atomic E-state index is -0.611. The molecule has 1 aromatic carbocycles. The summed E-state index contributed by atoms with van der Waals surface area (Å²) in [7, 11) is 1.52. The maximum Gasteiger partial charge on any atom is 0.229 e. The fourth-order valence-corrected chi connectivity index (χ4v) is 3.05. The number of ether oxygens (including phenoxy) is 1. The van der Waals surface area contributed by atoms with E-state index in [1.807, 2.05) is 0 Å². The summed E-state index contributed by atoms with van der Waals surface area (Å²) < 4.78 is 18.6. The molecule has 1 N–H and O–H groups in total. The van der Waals surface area contributed by atoms with Gasteiger partial charge in [-0.05, 0) is 30.2 Å². The minimum Gasteiger partial charge on any atom is -0.481 e. The number of nitrogens with zero attached hydrogens (tertiary/aromatic N) is 2. The molecule has 2 atom stereocenters. The van der Waals surface area contributed by atoms with Gasteiger partial charge in [-0.3, -0.25) is 4.79 Å². The summed E-state index contributed by atoms with van der Waals surface area (Å²) in [5, 5.41) is 9.97. The average molecular weight is 330 g/mol. The maximum absolute atomic E-state index is 13.5. The first-order chi connectivity index (χ1) is 11.6. The van der Waals surface area contributed by atoms with Gasteiger partial charge in [-0.25, -0.2) is 9.37 Å². The molecule has 1 fully saturated rings. The van der Waals surface area contributed by atoms with Gasteiger partial charge in [0, 0.05) is 12.6 Å². The van der Waals surface area contributed by atoms with Gasteiger partial charge in [-0.1, -0.05) is 18.2 Å². The van der Waals surface area contributed by atoms with Crippen LogP contribution in [0.4, 0.5) is 4.39 Å². The van der Waals surface area contributed by atoms with Crippen LogP contribution in [0.5, 0.6) is 5.88 Å². The number of methoxy groups -OCH3 is 1. The van der Waals surface area contributed by atoms with Crippen molar-refractivity contribution in [2.75, 3.05) is 13.7 Å². The maximum atomic E-state index is 13.5. The molecule has 0 radical (unpaired) electrons. The van der Waals surface area contributed by atoms with E-state index in [1.165, 1.54) is 19.2 Å². The molecule has 126 valence electrons. The van der Waals surface area contributed by atoms with E-state index in [0.717, 1.165) is 0 Å². The SMILES string of the molecule is COc1cccc(CC(=O)N2CC(O)CC2c2cccc(F)c2)n1. The molecule has 0 aliphatic carbocycles. The van der Waals surface area contributed by atoms with Gasteiger partial charge in [0.05, 0.1) is 31.4 Å². The monoisotopic (exact) mass is 330 g/mol. The Hall–Kier alpha value is -2.47. The van der Waals surface area contributed by atoms with E-state index in [0.29, 0.717) is 23.6 Å². The van der Waals surface area contributed by atoms with Gasteiger partial charge in [-0.2, -0.15) is 0 Å². The van der Waals surface area contributed by atoms with Gasteiger partial charge in [0.15, 0.2) is 0 Å². The Morgan fingerprint density at radius 1 is 1.38 bits per heavy atom. The lowest BCUT2D eigenvalue weighted by Gasteiger charge is -2.24. The Morgan fingerprint density at radius 3 is 2.92 bits per heavy atom. The fourth-order valence-electron chi connectivity index (χ4n) is 3.05. The third-order valence-corrected chi connectivity index (χ3v) is 4.16. The van der Waals surface area contributed by atoms with Crippen LogP contribution >= 0.6 is 0 Å². The molecular formula is C18H19FN2O3. The van der Waals surface area contributed by atoms with Crippen LogP contribution in [0.3, 0.4) is 0 Å². The Labute approximate surface area is 139 Å². The molecule has 1 aliphatic rings. The smallest absolute Gasteiger partial charge is 0.229 e. The van der Waals surface area contributed by atoms with Crippen molar-refractivity contribution < 1.29 is 19.0 Å². The number of hydrogen-bond donors (Lipinski definition) is 1. The van der Waals surface area contributed by atoms with Crippen molar-refractivity contribution in [2.24, 2.45) is 0 Å². The number of likely N-dealkylation sites (tertiary alicyclic amines) is 1. The van der Waals surface area contributed by atoms with Gasteiger partial charge < -0.3 is 14.7 Å². The van der Waals surface area contributed by atoms with Crippen molar-refractivity contribution in [2.45, 2.75) is 25.0 Å². The highest BCUT2D eigenvalue weighted by Gasteiger charge is 2.35. The van der Waals surface area contributed by atoms with Crippen molar-refractivity contribution in [1.29, 1.82) is 0 Å². The Balaban J connectivity index is 1.79. The first-order valence-electron chi connectivity index (χ1n) is 7.79. The number of pyridine rings is 1. The standard InChI is InChI=1S/C18H19FN2O3/c1-24-17-7-3-6-14(20-17)9-18(23)21-11-15(22)10-16(21)12-4-2-5-13(19)8-12/h2-8,15-16,22H,9-11H2,1H3. The van der Waals surface area contributed by atoms with Crippen molar-refractivity contribution in [1.82, 2.24) is 9.88 Å². The van der Waals surface area contributed by atoms with E-state index in [4.69, 9.17) is 4.74 Å². The Morgan fingerprint density at radius 2 is 2.17 bits per heavy atom. The first-order valence-corrected chi connectivity index (χ1v) is 7.79. The van der Waals surface area contributed by atoms with Crippen LogP contribution in [0.1, 0.15) is 23.7 Å². The summed E-state index contributed by atoms with van der Waals surface area (Å²) in [4.78, 5) is 18.5. The van der Waals surface area contributed by atoms with Crippen LogP contribution in [-0.2, 0) is 11.2 Å². The van der Waals surface area contributed by atoms with Gasteiger partial charge in [0.1, 0.15) is 5.82 Å². The minimum absolute atomic E-state index is 0.107. The molecule has 1 saturated heterocycles. The molecule has 0 bridgehead atoms. The lowest BCUT2D eigenvalue weighted by atomic mass is 10.0. The summed E-state index contributed by atoms with van der Waals surface area (Å²) in [5.74, 6) is -0.0549. The second kappa shape index (κ2) is 6.97. The Kier molecular flexibility index (Phi) is 4.76. The molecule has 0 saturated carbocycles. The van der Waals surface area contributed by atoms with Crippen LogP contribution in [-0.4, -0.2) is 40.7 Å². The van der Waals surface area contributed by atoms with Gasteiger partial charge >= 0.3 is 0 Å². The number of carbonyl (C=O) groups is 1. The fraction of sp³-hybridized carbons (Fsp3) is 0.333. The van der Waals surface area contributed by atoms with Crippen LogP contribution in [0, 0.1) is 5.82 Å². The third-order valence-electron chi connectivity index (χ3n) is 4.16. The van der Waals surface area contributed by atoms with Crippen LogP contribution in [0.25, 0.3) is 0 Å². The molecule has 1 amide bonds. The number of aromatic nitrogens is 1. The lowest BCUT2D eigenvalue weighted by molar-refractivity contribution is -0.131. The largest absolute Gasteiger partial charge is 0.481 e. The number of halogens is 1. The highest BCUT2D eigenvalue weighted by atomic mass is 19.1. The predicted octanol–water partition coefficient (Wildman–Crippen LogP) is 2.11. The number of benzene rings is 1. The molecule has 1 aliphatic heterocycles. The second-order valence-corrected chi connectivity index (χ2v) is 5.85. The molecular weight excluding hydrogens is 311 g/mol. The zero-order valence-corrected chi connectivity index (χ0v) is 13.4. The highest BCUT2D eigenvalue weighted by molar-refractivity contribution is 5.79. The van der Waals surface area contributed by atoms with Crippen molar-refractivity contribution in [3.63, 3.8) is 0 Å². The van der Waals surface area contributed by atoms with Crippen molar-refractivity contribution >= 4 is 5.91 Å². The molecule has 24 heavy (non-hydrogen) atoms. The quantitative estimate of drug-likeness (QED) is 0.933. The molecule has 6 heteroatoms. The molecule has 1 aromatic heterocycles. The van der Waals surface area contributed by atoms with Gasteiger partial charge in [-0.15, -0.1) is 0 Å². The van der Waals surface area contributed by atoms with Crippen molar-refractivity contribution in [3.8, 4) is 5.88 Å². The molecule has 2 heterocycles. The van der Waals surface area contributed by atoms with E-state index in [2.05, 4.69) is 4.98 Å². The second-order valence-electron chi connectivity index (χ2n) is 5.85. The number of β-amino-alcohol motifs (C(OH)–C–C–N with tert-alkyl or cyclic N) is 1. The lowest BCUT2D eigenvalue weighted by Crippen LogP contribution is -2.33. The molecule has 2 aromatic rings. The Bertz CT molecular complexity index is 738. The molecule has 5 nitrogen and oxygen atoms in total. The topological polar surface area (TPSA) is 62.7 Å². The third kappa shape index (κ3) is 3.54. The number of amides is 1. The van der Waals surface area contributed by atoms with E-state index in [1.54, 1.807) is 35.2 Å². The van der Waals surface area contributed by atoms with E-state index < -0.39 is 6.10 Å². The number of rotatable bonds is 4. The summed E-state index contributed by atoms with van der Waals surface area (Å²) in [5.41, 5.74) is 1.29. The summed E-state index contributed by atoms with van der Waals surface area (Å²) in [6, 6.07) is 11.1. The zero-order valence-electron chi connectivity index (χ0n) is 13.4. The number of hydrogen-bond acceptors (Lipinski definition) is 4. The molecule has 3 rings (SSSR count). The highest BCUT2D eigenvalue weighted by Crippen LogP contribution is 2.33. The van der Waals surface area contributed by atoms with Crippen LogP contribution < -0.4 is 4.74 Å². The zero-order chi connectivity index (χ0) is 17.1.